The van der Waals surface area contributed by atoms with E-state index in [1.807, 2.05) is 0 Å². The summed E-state index contributed by atoms with van der Waals surface area (Å²) in [5, 5.41) is 2.56. The number of hydrogen-bond donors (Lipinski definition) is 1. The summed E-state index contributed by atoms with van der Waals surface area (Å²) in [6, 6.07) is 4.35. The molecule has 0 radical (unpaired) electrons. The first kappa shape index (κ1) is 12.6. The number of anilines is 1. The van der Waals surface area contributed by atoms with Crippen molar-refractivity contribution in [2.24, 2.45) is 0 Å². The summed E-state index contributed by atoms with van der Waals surface area (Å²) in [5.41, 5.74) is 1.02. The van der Waals surface area contributed by atoms with Crippen molar-refractivity contribution in [3.63, 3.8) is 0 Å². The van der Waals surface area contributed by atoms with Crippen molar-refractivity contribution in [3.05, 3.63) is 28.8 Å². The van der Waals surface area contributed by atoms with Gasteiger partial charge in [-0.2, -0.15) is 0 Å². The molecule has 2 rings (SSSR count). The molecule has 1 aliphatic rings. The highest BCUT2D eigenvalue weighted by Crippen LogP contribution is 2.25. The first-order valence-corrected chi connectivity index (χ1v) is 5.76. The fraction of sp³-hybridized carbons (Fsp3) is 0.250. The quantitative estimate of drug-likeness (QED) is 0.641. The third kappa shape index (κ3) is 2.22. The van der Waals surface area contributed by atoms with Gasteiger partial charge in [0, 0.05) is 11.3 Å². The molecule has 1 unspecified atom stereocenters. The van der Waals surface area contributed by atoms with Crippen LogP contribution in [0.3, 0.4) is 0 Å². The molecule has 94 valence electrons. The van der Waals surface area contributed by atoms with Crippen molar-refractivity contribution in [1.29, 1.82) is 0 Å². The fourth-order valence-electron chi connectivity index (χ4n) is 1.82. The number of nitrogens with one attached hydrogen (secondary N) is 1. The SMILES string of the molecule is CC1C(=O)NC(=O)CN1c1ccc(C=O)c(Cl)c1. The zero-order valence-corrected chi connectivity index (χ0v) is 10.4. The molecule has 1 fully saturated rings. The van der Waals surface area contributed by atoms with Crippen LogP contribution in [0.25, 0.3) is 0 Å². The Morgan fingerprint density at radius 1 is 1.44 bits per heavy atom. The van der Waals surface area contributed by atoms with Crippen molar-refractivity contribution in [3.8, 4) is 0 Å². The number of aldehydes is 1. The first-order chi connectivity index (χ1) is 8.52. The van der Waals surface area contributed by atoms with Gasteiger partial charge in [0.1, 0.15) is 6.04 Å². The minimum Gasteiger partial charge on any atom is -0.350 e. The Hall–Kier alpha value is -1.88. The van der Waals surface area contributed by atoms with Crippen molar-refractivity contribution in [1.82, 2.24) is 5.32 Å². The van der Waals surface area contributed by atoms with Crippen LogP contribution in [-0.4, -0.2) is 30.7 Å². The standard InChI is InChI=1S/C12H11ClN2O3/c1-7-12(18)14-11(17)5-15(7)9-3-2-8(6-16)10(13)4-9/h2-4,6-7H,5H2,1H3,(H,14,17,18). The molecule has 0 bridgehead atoms. The molecule has 0 aromatic heterocycles. The van der Waals surface area contributed by atoms with Gasteiger partial charge in [-0.1, -0.05) is 11.6 Å². The van der Waals surface area contributed by atoms with Gasteiger partial charge in [0.2, 0.25) is 11.8 Å². The lowest BCUT2D eigenvalue weighted by Crippen LogP contribution is -2.57. The lowest BCUT2D eigenvalue weighted by atomic mass is 10.1. The first-order valence-electron chi connectivity index (χ1n) is 5.38. The predicted molar refractivity (Wildman–Crippen MR) is 66.8 cm³/mol. The van der Waals surface area contributed by atoms with Crippen LogP contribution in [0.2, 0.25) is 5.02 Å². The smallest absolute Gasteiger partial charge is 0.249 e. The molecule has 0 saturated carbocycles. The van der Waals surface area contributed by atoms with Crippen LogP contribution < -0.4 is 10.2 Å². The van der Waals surface area contributed by atoms with E-state index < -0.39 is 6.04 Å². The van der Waals surface area contributed by atoms with E-state index in [1.165, 1.54) is 0 Å². The normalized spacial score (nSPS) is 19.7. The predicted octanol–water partition coefficient (Wildman–Crippen LogP) is 1.00. The maximum atomic E-state index is 11.5. The fourth-order valence-corrected chi connectivity index (χ4v) is 2.04. The Labute approximate surface area is 109 Å². The molecule has 1 aliphatic heterocycles. The van der Waals surface area contributed by atoms with E-state index in [-0.39, 0.29) is 18.4 Å². The van der Waals surface area contributed by atoms with E-state index in [1.54, 1.807) is 30.0 Å². The van der Waals surface area contributed by atoms with Crippen LogP contribution in [0.15, 0.2) is 18.2 Å². The van der Waals surface area contributed by atoms with Crippen molar-refractivity contribution in [2.45, 2.75) is 13.0 Å². The Balaban J connectivity index is 2.35. The second kappa shape index (κ2) is 4.78. The Morgan fingerprint density at radius 2 is 2.17 bits per heavy atom. The average Bonchev–Trinajstić information content (AvgIpc) is 2.33. The summed E-state index contributed by atoms with van der Waals surface area (Å²) >= 11 is 5.93. The molecular formula is C12H11ClN2O3. The molecule has 1 atom stereocenters. The lowest BCUT2D eigenvalue weighted by molar-refractivity contribution is -0.132. The number of carbonyl (C=O) groups excluding carboxylic acids is 3. The second-order valence-corrected chi connectivity index (χ2v) is 4.45. The molecule has 1 heterocycles. The lowest BCUT2D eigenvalue weighted by Gasteiger charge is -2.33. The molecule has 18 heavy (non-hydrogen) atoms. The molecule has 1 aromatic rings. The van der Waals surface area contributed by atoms with Crippen molar-refractivity contribution < 1.29 is 14.4 Å². The van der Waals surface area contributed by atoms with Crippen molar-refractivity contribution >= 4 is 35.4 Å². The number of piperazine rings is 1. The zero-order chi connectivity index (χ0) is 13.3. The van der Waals surface area contributed by atoms with Crippen LogP contribution in [0, 0.1) is 0 Å². The van der Waals surface area contributed by atoms with Gasteiger partial charge in [-0.3, -0.25) is 19.7 Å². The van der Waals surface area contributed by atoms with Crippen LogP contribution in [0.4, 0.5) is 5.69 Å². The maximum absolute atomic E-state index is 11.5. The Bertz CT molecular complexity index is 530. The number of hydrogen-bond acceptors (Lipinski definition) is 4. The topological polar surface area (TPSA) is 66.5 Å². The van der Waals surface area contributed by atoms with E-state index in [2.05, 4.69) is 5.32 Å². The number of amides is 2. The third-order valence-corrected chi connectivity index (χ3v) is 3.19. The van der Waals surface area contributed by atoms with E-state index in [4.69, 9.17) is 11.6 Å². The monoisotopic (exact) mass is 266 g/mol. The molecule has 0 aliphatic carbocycles. The summed E-state index contributed by atoms with van der Waals surface area (Å²) in [6.45, 7) is 1.78. The molecule has 5 nitrogen and oxygen atoms in total. The molecular weight excluding hydrogens is 256 g/mol. The highest BCUT2D eigenvalue weighted by Gasteiger charge is 2.30. The van der Waals surface area contributed by atoms with Gasteiger partial charge in [-0.05, 0) is 25.1 Å². The number of rotatable bonds is 2. The number of carbonyl (C=O) groups is 3. The van der Waals surface area contributed by atoms with Gasteiger partial charge in [0.15, 0.2) is 6.29 Å². The molecule has 0 spiro atoms. The van der Waals surface area contributed by atoms with E-state index in [9.17, 15) is 14.4 Å². The van der Waals surface area contributed by atoms with Gasteiger partial charge < -0.3 is 4.90 Å². The summed E-state index contributed by atoms with van der Waals surface area (Å²) in [7, 11) is 0. The van der Waals surface area contributed by atoms with Crippen molar-refractivity contribution in [2.75, 3.05) is 11.4 Å². The van der Waals surface area contributed by atoms with Crippen LogP contribution in [0.5, 0.6) is 0 Å². The Morgan fingerprint density at radius 3 is 2.78 bits per heavy atom. The van der Waals surface area contributed by atoms with E-state index in [0.29, 0.717) is 22.6 Å². The van der Waals surface area contributed by atoms with E-state index >= 15 is 0 Å². The van der Waals surface area contributed by atoms with Gasteiger partial charge in [0.25, 0.3) is 0 Å². The molecule has 1 saturated heterocycles. The van der Waals surface area contributed by atoms with Gasteiger partial charge in [-0.15, -0.1) is 0 Å². The number of benzene rings is 1. The minimum absolute atomic E-state index is 0.0870. The number of imide groups is 1. The van der Waals surface area contributed by atoms with Crippen LogP contribution >= 0.6 is 11.6 Å². The van der Waals surface area contributed by atoms with Gasteiger partial charge in [0.05, 0.1) is 11.6 Å². The summed E-state index contributed by atoms with van der Waals surface area (Å²) in [5.74, 6) is -0.699. The molecule has 1 aromatic carbocycles. The number of halogens is 1. The molecule has 2 amide bonds. The summed E-state index contributed by atoms with van der Waals surface area (Å²) in [6.07, 6.45) is 0.656. The van der Waals surface area contributed by atoms with Crippen LogP contribution in [0.1, 0.15) is 17.3 Å². The molecule has 1 N–H and O–H groups in total. The zero-order valence-electron chi connectivity index (χ0n) is 9.64. The molecule has 6 heteroatoms. The largest absolute Gasteiger partial charge is 0.350 e. The van der Waals surface area contributed by atoms with Gasteiger partial charge >= 0.3 is 0 Å². The maximum Gasteiger partial charge on any atom is 0.249 e. The second-order valence-electron chi connectivity index (χ2n) is 4.04. The summed E-state index contributed by atoms with van der Waals surface area (Å²) in [4.78, 5) is 35.2. The van der Waals surface area contributed by atoms with E-state index in [0.717, 1.165) is 0 Å². The van der Waals surface area contributed by atoms with Gasteiger partial charge in [-0.25, -0.2) is 0 Å². The Kier molecular flexibility index (Phi) is 3.34. The highest BCUT2D eigenvalue weighted by atomic mass is 35.5. The number of nitrogens with zero attached hydrogens (tertiary/aromatic N) is 1. The summed E-state index contributed by atoms with van der Waals surface area (Å²) < 4.78 is 0. The highest BCUT2D eigenvalue weighted by molar-refractivity contribution is 6.33. The third-order valence-electron chi connectivity index (χ3n) is 2.87. The van der Waals surface area contributed by atoms with Crippen LogP contribution in [-0.2, 0) is 9.59 Å². The minimum atomic E-state index is -0.458. The average molecular weight is 267 g/mol.